The van der Waals surface area contributed by atoms with Crippen molar-refractivity contribution in [2.45, 2.75) is 26.4 Å². The van der Waals surface area contributed by atoms with Crippen molar-refractivity contribution in [3.8, 4) is 5.82 Å². The van der Waals surface area contributed by atoms with Gasteiger partial charge in [0.1, 0.15) is 18.0 Å². The van der Waals surface area contributed by atoms with E-state index in [1.807, 2.05) is 13.8 Å². The van der Waals surface area contributed by atoms with Crippen molar-refractivity contribution in [3.05, 3.63) is 42.4 Å². The Morgan fingerprint density at radius 1 is 1.47 bits per heavy atom. The molecule has 5 heteroatoms. The molecule has 0 fully saturated rings. The highest BCUT2D eigenvalue weighted by Crippen LogP contribution is 2.12. The number of nitrogens with one attached hydrogen (secondary N) is 1. The highest BCUT2D eigenvalue weighted by Gasteiger charge is 2.08. The molecular weight excluding hydrogens is 219 g/mol. The Bertz CT molecular complexity index is 479. The van der Waals surface area contributed by atoms with Crippen molar-refractivity contribution >= 4 is 0 Å². The summed E-state index contributed by atoms with van der Waals surface area (Å²) in [5.74, 6) is 0.381. The van der Waals surface area contributed by atoms with Crippen LogP contribution in [-0.4, -0.2) is 20.6 Å². The van der Waals surface area contributed by atoms with Crippen LogP contribution in [0.5, 0.6) is 0 Å². The summed E-state index contributed by atoms with van der Waals surface area (Å²) < 4.78 is 15.0. The Hall–Kier alpha value is -1.75. The van der Waals surface area contributed by atoms with Crippen LogP contribution in [0, 0.1) is 5.82 Å². The maximum absolute atomic E-state index is 13.2. The van der Waals surface area contributed by atoms with Gasteiger partial charge in [-0.25, -0.2) is 14.4 Å². The van der Waals surface area contributed by atoms with Gasteiger partial charge in [-0.05, 0) is 6.07 Å². The zero-order valence-electron chi connectivity index (χ0n) is 9.89. The molecule has 0 radical (unpaired) electrons. The van der Waals surface area contributed by atoms with E-state index in [1.54, 1.807) is 23.3 Å². The average molecular weight is 234 g/mol. The van der Waals surface area contributed by atoms with E-state index < -0.39 is 0 Å². The van der Waals surface area contributed by atoms with E-state index in [-0.39, 0.29) is 5.82 Å². The summed E-state index contributed by atoms with van der Waals surface area (Å²) in [6.07, 6.45) is 6.33. The maximum Gasteiger partial charge on any atom is 0.142 e. The van der Waals surface area contributed by atoms with Crippen molar-refractivity contribution in [3.63, 3.8) is 0 Å². The van der Waals surface area contributed by atoms with Gasteiger partial charge in [-0.1, -0.05) is 13.8 Å². The molecule has 2 aromatic rings. The van der Waals surface area contributed by atoms with E-state index >= 15 is 0 Å². The number of aromatic nitrogens is 3. The number of hydrogen-bond donors (Lipinski definition) is 1. The van der Waals surface area contributed by atoms with Crippen molar-refractivity contribution in [1.29, 1.82) is 0 Å². The molecule has 0 bridgehead atoms. The summed E-state index contributed by atoms with van der Waals surface area (Å²) in [5, 5.41) is 3.25. The van der Waals surface area contributed by atoms with E-state index in [1.165, 1.54) is 12.3 Å². The van der Waals surface area contributed by atoms with Crippen LogP contribution in [0.25, 0.3) is 5.82 Å². The van der Waals surface area contributed by atoms with Gasteiger partial charge >= 0.3 is 0 Å². The van der Waals surface area contributed by atoms with Crippen molar-refractivity contribution in [1.82, 2.24) is 19.9 Å². The molecule has 0 aromatic carbocycles. The molecule has 1 N–H and O–H groups in total. The SMILES string of the molecule is CC(C)NCc1cc(F)cnc1-n1ccnc1. The van der Waals surface area contributed by atoms with Crippen LogP contribution in [0.4, 0.5) is 4.39 Å². The van der Waals surface area contributed by atoms with Gasteiger partial charge in [-0.3, -0.25) is 4.57 Å². The Morgan fingerprint density at radius 2 is 2.29 bits per heavy atom. The molecule has 0 atom stereocenters. The minimum absolute atomic E-state index is 0.325. The fourth-order valence-corrected chi connectivity index (χ4v) is 1.54. The molecule has 90 valence electrons. The van der Waals surface area contributed by atoms with Crippen LogP contribution < -0.4 is 5.32 Å². The summed E-state index contributed by atoms with van der Waals surface area (Å²) >= 11 is 0. The summed E-state index contributed by atoms with van der Waals surface area (Å²) in [6.45, 7) is 4.67. The number of nitrogens with zero attached hydrogens (tertiary/aromatic N) is 3. The largest absolute Gasteiger partial charge is 0.310 e. The summed E-state index contributed by atoms with van der Waals surface area (Å²) in [7, 11) is 0. The number of rotatable bonds is 4. The van der Waals surface area contributed by atoms with E-state index in [0.717, 1.165) is 5.56 Å². The molecule has 4 nitrogen and oxygen atoms in total. The van der Waals surface area contributed by atoms with Gasteiger partial charge < -0.3 is 5.32 Å². The van der Waals surface area contributed by atoms with Crippen LogP contribution in [0.2, 0.25) is 0 Å². The second-order valence-electron chi connectivity index (χ2n) is 4.14. The molecule has 2 aromatic heterocycles. The predicted octanol–water partition coefficient (Wildman–Crippen LogP) is 1.90. The second kappa shape index (κ2) is 5.05. The smallest absolute Gasteiger partial charge is 0.142 e. The lowest BCUT2D eigenvalue weighted by atomic mass is 10.2. The molecule has 0 unspecified atom stereocenters. The molecule has 0 aliphatic rings. The van der Waals surface area contributed by atoms with E-state index in [4.69, 9.17) is 0 Å². The average Bonchev–Trinajstić information content (AvgIpc) is 2.80. The first-order valence-electron chi connectivity index (χ1n) is 5.53. The van der Waals surface area contributed by atoms with Gasteiger partial charge in [0.15, 0.2) is 0 Å². The molecule has 0 aliphatic carbocycles. The highest BCUT2D eigenvalue weighted by atomic mass is 19.1. The van der Waals surface area contributed by atoms with Crippen LogP contribution in [0.15, 0.2) is 31.0 Å². The molecule has 2 heterocycles. The number of imidazole rings is 1. The Balaban J connectivity index is 2.31. The quantitative estimate of drug-likeness (QED) is 0.878. The lowest BCUT2D eigenvalue weighted by Crippen LogP contribution is -2.23. The molecule has 17 heavy (non-hydrogen) atoms. The Kier molecular flexibility index (Phi) is 3.49. The van der Waals surface area contributed by atoms with E-state index in [9.17, 15) is 4.39 Å². The zero-order valence-corrected chi connectivity index (χ0v) is 9.89. The first kappa shape index (κ1) is 11.7. The minimum Gasteiger partial charge on any atom is -0.310 e. The molecule has 0 spiro atoms. The molecule has 2 rings (SSSR count). The number of halogens is 1. The number of hydrogen-bond acceptors (Lipinski definition) is 3. The normalized spacial score (nSPS) is 11.1. The van der Waals surface area contributed by atoms with Crippen molar-refractivity contribution in [2.24, 2.45) is 0 Å². The summed E-state index contributed by atoms with van der Waals surface area (Å²) in [5.41, 5.74) is 0.816. The zero-order chi connectivity index (χ0) is 12.3. The molecular formula is C12H15FN4. The van der Waals surface area contributed by atoms with Gasteiger partial charge in [0.05, 0.1) is 6.20 Å². The van der Waals surface area contributed by atoms with Crippen LogP contribution in [0.3, 0.4) is 0 Å². The lowest BCUT2D eigenvalue weighted by Gasteiger charge is -2.12. The third-order valence-electron chi connectivity index (χ3n) is 2.36. The van der Waals surface area contributed by atoms with E-state index in [0.29, 0.717) is 18.4 Å². The topological polar surface area (TPSA) is 42.7 Å². The third kappa shape index (κ3) is 2.88. The minimum atomic E-state index is -0.325. The van der Waals surface area contributed by atoms with Crippen LogP contribution in [0.1, 0.15) is 19.4 Å². The number of pyridine rings is 1. The van der Waals surface area contributed by atoms with Gasteiger partial charge in [0.2, 0.25) is 0 Å². The first-order chi connectivity index (χ1) is 8.16. The van der Waals surface area contributed by atoms with Gasteiger partial charge in [-0.2, -0.15) is 0 Å². The van der Waals surface area contributed by atoms with Crippen molar-refractivity contribution in [2.75, 3.05) is 0 Å². The summed E-state index contributed by atoms with van der Waals surface area (Å²) in [6, 6.07) is 1.84. The Labute approximate surface area is 99.5 Å². The lowest BCUT2D eigenvalue weighted by molar-refractivity contribution is 0.576. The van der Waals surface area contributed by atoms with Gasteiger partial charge in [-0.15, -0.1) is 0 Å². The third-order valence-corrected chi connectivity index (χ3v) is 2.36. The standard InChI is InChI=1S/C12H15FN4/c1-9(2)15-6-10-5-11(13)7-16-12(10)17-4-3-14-8-17/h3-5,7-9,15H,6H2,1-2H3. The van der Waals surface area contributed by atoms with Gasteiger partial charge in [0, 0.05) is 30.5 Å². The fourth-order valence-electron chi connectivity index (χ4n) is 1.54. The monoisotopic (exact) mass is 234 g/mol. The van der Waals surface area contributed by atoms with Crippen LogP contribution in [-0.2, 0) is 6.54 Å². The van der Waals surface area contributed by atoms with Crippen LogP contribution >= 0.6 is 0 Å². The second-order valence-corrected chi connectivity index (χ2v) is 4.14. The summed E-state index contributed by atoms with van der Waals surface area (Å²) in [4.78, 5) is 8.07. The highest BCUT2D eigenvalue weighted by molar-refractivity contribution is 5.33. The van der Waals surface area contributed by atoms with Crippen molar-refractivity contribution < 1.29 is 4.39 Å². The Morgan fingerprint density at radius 3 is 2.94 bits per heavy atom. The molecule has 0 amide bonds. The fraction of sp³-hybridized carbons (Fsp3) is 0.333. The predicted molar refractivity (Wildman–Crippen MR) is 63.3 cm³/mol. The first-order valence-corrected chi connectivity index (χ1v) is 5.53. The van der Waals surface area contributed by atoms with Gasteiger partial charge in [0.25, 0.3) is 0 Å². The molecule has 0 aliphatic heterocycles. The maximum atomic E-state index is 13.2. The van der Waals surface area contributed by atoms with E-state index in [2.05, 4.69) is 15.3 Å². The molecule has 0 saturated heterocycles. The molecule has 0 saturated carbocycles.